The number of esters is 1. The molecule has 0 bridgehead atoms. The lowest BCUT2D eigenvalue weighted by Gasteiger charge is -2.09. The fourth-order valence-corrected chi connectivity index (χ4v) is 2.02. The van der Waals surface area contributed by atoms with Gasteiger partial charge in [0.2, 0.25) is 11.7 Å². The second-order valence-corrected chi connectivity index (χ2v) is 4.92. The highest BCUT2D eigenvalue weighted by Gasteiger charge is 2.13. The summed E-state index contributed by atoms with van der Waals surface area (Å²) in [6.07, 6.45) is 0. The van der Waals surface area contributed by atoms with Crippen LogP contribution in [0.5, 0.6) is 17.4 Å². The number of nitrogens with zero attached hydrogens (tertiary/aromatic N) is 2. The topological polar surface area (TPSA) is 70.5 Å². The van der Waals surface area contributed by atoms with E-state index in [2.05, 4.69) is 30.6 Å². The van der Waals surface area contributed by atoms with Gasteiger partial charge < -0.3 is 14.2 Å². The van der Waals surface area contributed by atoms with Crippen LogP contribution in [0.2, 0.25) is 0 Å². The van der Waals surface area contributed by atoms with Crippen LogP contribution in [0.3, 0.4) is 0 Å². The maximum Gasteiger partial charge on any atom is 0.376 e. The maximum absolute atomic E-state index is 11.5. The number of benzene rings is 1. The molecule has 7 heteroatoms. The Kier molecular flexibility index (Phi) is 4.74. The number of hydrogen-bond donors (Lipinski definition) is 0. The van der Waals surface area contributed by atoms with E-state index in [-0.39, 0.29) is 11.7 Å². The molecule has 1 aromatic carbocycles. The Morgan fingerprint density at radius 1 is 1.19 bits per heavy atom. The van der Waals surface area contributed by atoms with Crippen LogP contribution in [-0.4, -0.2) is 30.2 Å². The highest BCUT2D eigenvalue weighted by atomic mass is 79.9. The molecule has 0 amide bonds. The van der Waals surface area contributed by atoms with E-state index in [0.717, 1.165) is 0 Å². The molecule has 2 aromatic rings. The molecule has 6 nitrogen and oxygen atoms in total. The molecule has 0 aliphatic carbocycles. The number of aromatic nitrogens is 2. The Balaban J connectivity index is 2.31. The van der Waals surface area contributed by atoms with Crippen molar-refractivity contribution in [2.75, 3.05) is 14.2 Å². The summed E-state index contributed by atoms with van der Waals surface area (Å²) in [6.45, 7) is 1.74. The van der Waals surface area contributed by atoms with Crippen molar-refractivity contribution in [1.82, 2.24) is 9.97 Å². The molecule has 0 radical (unpaired) electrons. The van der Waals surface area contributed by atoms with Crippen molar-refractivity contribution in [2.24, 2.45) is 0 Å². The maximum atomic E-state index is 11.5. The molecule has 21 heavy (non-hydrogen) atoms. The number of rotatable bonds is 4. The van der Waals surface area contributed by atoms with Gasteiger partial charge in [0.25, 0.3) is 0 Å². The molecule has 0 saturated carbocycles. The molecule has 1 heterocycles. The van der Waals surface area contributed by atoms with Crippen molar-refractivity contribution in [2.45, 2.75) is 6.92 Å². The predicted octanol–water partition coefficient (Wildman–Crippen LogP) is 3.14. The van der Waals surface area contributed by atoms with Gasteiger partial charge in [-0.2, -0.15) is 4.98 Å². The van der Waals surface area contributed by atoms with E-state index < -0.39 is 5.97 Å². The zero-order chi connectivity index (χ0) is 15.4. The number of carbonyl (C=O) groups excluding carboxylic acids is 1. The number of aryl methyl sites for hydroxylation is 1. The first-order chi connectivity index (χ1) is 10.0. The van der Waals surface area contributed by atoms with E-state index in [1.807, 2.05) is 0 Å². The first-order valence-electron chi connectivity index (χ1n) is 5.99. The van der Waals surface area contributed by atoms with Gasteiger partial charge in [-0.15, -0.1) is 0 Å². The molecule has 0 aliphatic heterocycles. The summed E-state index contributed by atoms with van der Waals surface area (Å²) in [7, 11) is 2.85. The third kappa shape index (κ3) is 3.69. The molecule has 0 fully saturated rings. The predicted molar refractivity (Wildman–Crippen MR) is 78.9 cm³/mol. The fraction of sp³-hybridized carbons (Fsp3) is 0.214. The summed E-state index contributed by atoms with van der Waals surface area (Å²) in [4.78, 5) is 19.5. The Labute approximate surface area is 130 Å². The largest absolute Gasteiger partial charge is 0.497 e. The van der Waals surface area contributed by atoms with Gasteiger partial charge in [0.15, 0.2) is 0 Å². The van der Waals surface area contributed by atoms with E-state index in [4.69, 9.17) is 9.47 Å². The van der Waals surface area contributed by atoms with Crippen LogP contribution in [0.4, 0.5) is 0 Å². The SMILES string of the molecule is COC(=O)c1nc(C)cc(Oc2ccc(OC)cc2Br)n1. The van der Waals surface area contributed by atoms with Gasteiger partial charge in [-0.05, 0) is 41.1 Å². The van der Waals surface area contributed by atoms with Crippen molar-refractivity contribution in [1.29, 1.82) is 0 Å². The van der Waals surface area contributed by atoms with Gasteiger partial charge in [0, 0.05) is 11.8 Å². The molecule has 0 atom stereocenters. The minimum Gasteiger partial charge on any atom is -0.497 e. The summed E-state index contributed by atoms with van der Waals surface area (Å²) in [5.74, 6) is 0.844. The Morgan fingerprint density at radius 2 is 1.95 bits per heavy atom. The molecule has 0 aliphatic rings. The van der Waals surface area contributed by atoms with Crippen molar-refractivity contribution in [3.8, 4) is 17.4 Å². The lowest BCUT2D eigenvalue weighted by Crippen LogP contribution is -2.09. The van der Waals surface area contributed by atoms with Gasteiger partial charge in [-0.3, -0.25) is 0 Å². The summed E-state index contributed by atoms with van der Waals surface area (Å²) in [5.41, 5.74) is 0.602. The first kappa shape index (κ1) is 15.2. The van der Waals surface area contributed by atoms with E-state index in [1.165, 1.54) is 7.11 Å². The molecule has 0 unspecified atom stereocenters. The average Bonchev–Trinajstić information content (AvgIpc) is 2.47. The van der Waals surface area contributed by atoms with E-state index in [9.17, 15) is 4.79 Å². The van der Waals surface area contributed by atoms with Gasteiger partial charge in [-0.25, -0.2) is 9.78 Å². The monoisotopic (exact) mass is 352 g/mol. The van der Waals surface area contributed by atoms with Crippen LogP contribution < -0.4 is 9.47 Å². The zero-order valence-corrected chi connectivity index (χ0v) is 13.3. The van der Waals surface area contributed by atoms with Crippen molar-refractivity contribution >= 4 is 21.9 Å². The first-order valence-corrected chi connectivity index (χ1v) is 6.78. The second kappa shape index (κ2) is 6.53. The van der Waals surface area contributed by atoms with Crippen LogP contribution >= 0.6 is 15.9 Å². The molecule has 2 rings (SSSR count). The van der Waals surface area contributed by atoms with E-state index >= 15 is 0 Å². The minimum absolute atomic E-state index is 0.0443. The second-order valence-electron chi connectivity index (χ2n) is 4.06. The van der Waals surface area contributed by atoms with Crippen LogP contribution in [0.1, 0.15) is 16.3 Å². The third-order valence-corrected chi connectivity index (χ3v) is 3.17. The summed E-state index contributed by atoms with van der Waals surface area (Å²) in [6, 6.07) is 6.89. The lowest BCUT2D eigenvalue weighted by molar-refractivity contribution is 0.0585. The molecule has 110 valence electrons. The molecule has 1 aromatic heterocycles. The molecule has 0 N–H and O–H groups in total. The van der Waals surface area contributed by atoms with E-state index in [0.29, 0.717) is 21.7 Å². The number of carbonyl (C=O) groups is 1. The molecular weight excluding hydrogens is 340 g/mol. The molecular formula is C14H13BrN2O4. The molecule has 0 saturated heterocycles. The summed E-state index contributed by atoms with van der Waals surface area (Å²) >= 11 is 3.39. The Morgan fingerprint density at radius 3 is 2.57 bits per heavy atom. The third-order valence-electron chi connectivity index (χ3n) is 2.55. The highest BCUT2D eigenvalue weighted by molar-refractivity contribution is 9.10. The van der Waals surface area contributed by atoms with Gasteiger partial charge >= 0.3 is 5.97 Å². The van der Waals surface area contributed by atoms with Crippen LogP contribution in [0.25, 0.3) is 0 Å². The number of methoxy groups -OCH3 is 2. The number of hydrogen-bond acceptors (Lipinski definition) is 6. The van der Waals surface area contributed by atoms with Crippen molar-refractivity contribution < 1.29 is 19.0 Å². The normalized spacial score (nSPS) is 10.1. The standard InChI is InChI=1S/C14H13BrN2O4/c1-8-6-12(17-13(16-8)14(18)20-3)21-11-5-4-9(19-2)7-10(11)15/h4-7H,1-3H3. The van der Waals surface area contributed by atoms with Crippen molar-refractivity contribution in [3.63, 3.8) is 0 Å². The summed E-state index contributed by atoms with van der Waals surface area (Å²) in [5, 5.41) is 0. The van der Waals surface area contributed by atoms with Crippen LogP contribution in [-0.2, 0) is 4.74 Å². The minimum atomic E-state index is -0.614. The van der Waals surface area contributed by atoms with Crippen LogP contribution in [0, 0.1) is 6.92 Å². The highest BCUT2D eigenvalue weighted by Crippen LogP contribution is 2.32. The number of halogens is 1. The number of ether oxygens (including phenoxy) is 3. The van der Waals surface area contributed by atoms with Gasteiger partial charge in [0.05, 0.1) is 18.7 Å². The van der Waals surface area contributed by atoms with E-state index in [1.54, 1.807) is 38.3 Å². The molecule has 0 spiro atoms. The Hall–Kier alpha value is -2.15. The quantitative estimate of drug-likeness (QED) is 0.787. The Bertz CT molecular complexity index is 676. The lowest BCUT2D eigenvalue weighted by atomic mass is 10.3. The van der Waals surface area contributed by atoms with Gasteiger partial charge in [-0.1, -0.05) is 0 Å². The summed E-state index contributed by atoms with van der Waals surface area (Å²) < 4.78 is 16.1. The zero-order valence-electron chi connectivity index (χ0n) is 11.7. The van der Waals surface area contributed by atoms with Crippen LogP contribution in [0.15, 0.2) is 28.7 Å². The average molecular weight is 353 g/mol. The van der Waals surface area contributed by atoms with Gasteiger partial charge in [0.1, 0.15) is 11.5 Å². The smallest absolute Gasteiger partial charge is 0.376 e. The van der Waals surface area contributed by atoms with Crippen molar-refractivity contribution in [3.05, 3.63) is 40.3 Å². The fourth-order valence-electron chi connectivity index (χ4n) is 1.58.